The number of hydrogen-bond donors (Lipinski definition) is 1. The summed E-state index contributed by atoms with van der Waals surface area (Å²) in [5.41, 5.74) is 1.00. The fourth-order valence-electron chi connectivity index (χ4n) is 1.23. The zero-order chi connectivity index (χ0) is 12.7. The van der Waals surface area contributed by atoms with E-state index in [1.165, 1.54) is 14.0 Å². The maximum atomic E-state index is 10.6. The Bertz CT molecular complexity index is 518. The van der Waals surface area contributed by atoms with Crippen molar-refractivity contribution in [3.8, 4) is 23.7 Å². The van der Waals surface area contributed by atoms with Gasteiger partial charge in [0.05, 0.1) is 13.7 Å². The van der Waals surface area contributed by atoms with Gasteiger partial charge in [0.25, 0.3) is 0 Å². The molecule has 0 aromatic heterocycles. The number of carbonyl (C=O) groups is 1. The molecule has 1 amide bonds. The lowest BCUT2D eigenvalue weighted by Gasteiger charge is -2.03. The van der Waals surface area contributed by atoms with Crippen LogP contribution in [0.15, 0.2) is 18.2 Å². The van der Waals surface area contributed by atoms with Gasteiger partial charge in [0.2, 0.25) is 5.91 Å². The quantitative estimate of drug-likeness (QED) is 0.770. The van der Waals surface area contributed by atoms with E-state index in [-0.39, 0.29) is 12.5 Å². The highest BCUT2D eigenvalue weighted by Crippen LogP contribution is 2.20. The molecule has 0 unspecified atom stereocenters. The first-order valence-electron chi connectivity index (χ1n) is 4.99. The molecule has 1 aromatic rings. The van der Waals surface area contributed by atoms with Crippen LogP contribution < -0.4 is 10.1 Å². The van der Waals surface area contributed by atoms with Crippen molar-refractivity contribution in [2.45, 2.75) is 6.92 Å². The van der Waals surface area contributed by atoms with Crippen molar-refractivity contribution in [1.29, 1.82) is 5.26 Å². The van der Waals surface area contributed by atoms with Crippen LogP contribution in [0.1, 0.15) is 18.1 Å². The second-order valence-corrected chi connectivity index (χ2v) is 3.21. The van der Waals surface area contributed by atoms with Gasteiger partial charge >= 0.3 is 0 Å². The van der Waals surface area contributed by atoms with Gasteiger partial charge in [-0.05, 0) is 12.1 Å². The highest BCUT2D eigenvalue weighted by molar-refractivity contribution is 5.73. The molecule has 4 heteroatoms. The number of benzene rings is 1. The summed E-state index contributed by atoms with van der Waals surface area (Å²) in [6.07, 6.45) is 0. The second-order valence-electron chi connectivity index (χ2n) is 3.21. The van der Waals surface area contributed by atoms with Gasteiger partial charge in [-0.2, -0.15) is 5.26 Å². The molecule has 0 aliphatic carbocycles. The Balaban J connectivity index is 2.91. The van der Waals surface area contributed by atoms with Crippen LogP contribution in [0.5, 0.6) is 5.75 Å². The van der Waals surface area contributed by atoms with Crippen molar-refractivity contribution >= 4 is 5.91 Å². The van der Waals surface area contributed by atoms with E-state index in [0.717, 1.165) is 0 Å². The predicted octanol–water partition coefficient (Wildman–Crippen LogP) is 1.05. The maximum Gasteiger partial charge on any atom is 0.217 e. The van der Waals surface area contributed by atoms with Crippen molar-refractivity contribution in [1.82, 2.24) is 5.32 Å². The summed E-state index contributed by atoms with van der Waals surface area (Å²) in [5.74, 6) is 5.96. The average molecular weight is 228 g/mol. The Morgan fingerprint density at radius 1 is 1.53 bits per heavy atom. The normalized spacial score (nSPS) is 8.53. The van der Waals surface area contributed by atoms with Crippen LogP contribution in [-0.4, -0.2) is 19.6 Å². The lowest BCUT2D eigenvalue weighted by atomic mass is 10.1. The van der Waals surface area contributed by atoms with E-state index in [1.54, 1.807) is 18.2 Å². The average Bonchev–Trinajstić information content (AvgIpc) is 2.33. The molecule has 0 saturated carbocycles. The van der Waals surface area contributed by atoms with Crippen LogP contribution in [0.25, 0.3) is 0 Å². The molecule has 0 bridgehead atoms. The number of nitriles is 1. The molecule has 1 rings (SSSR count). The lowest BCUT2D eigenvalue weighted by Crippen LogP contribution is -2.19. The SMILES string of the molecule is COc1cccc(C#CCNC(C)=O)c1C#N. The molecule has 0 aliphatic rings. The van der Waals surface area contributed by atoms with Crippen molar-refractivity contribution in [3.05, 3.63) is 29.3 Å². The molecule has 0 saturated heterocycles. The topological polar surface area (TPSA) is 62.1 Å². The maximum absolute atomic E-state index is 10.6. The Hall–Kier alpha value is -2.46. The fraction of sp³-hybridized carbons (Fsp3) is 0.231. The molecule has 17 heavy (non-hydrogen) atoms. The Morgan fingerprint density at radius 2 is 2.29 bits per heavy atom. The van der Waals surface area contributed by atoms with E-state index in [2.05, 4.69) is 17.2 Å². The van der Waals surface area contributed by atoms with Gasteiger partial charge in [-0.1, -0.05) is 17.9 Å². The van der Waals surface area contributed by atoms with Crippen molar-refractivity contribution in [2.24, 2.45) is 0 Å². The number of carbonyl (C=O) groups excluding carboxylic acids is 1. The van der Waals surface area contributed by atoms with Gasteiger partial charge in [0, 0.05) is 12.5 Å². The van der Waals surface area contributed by atoms with Crippen LogP contribution in [0.3, 0.4) is 0 Å². The summed E-state index contributed by atoms with van der Waals surface area (Å²) in [7, 11) is 1.50. The van der Waals surface area contributed by atoms with E-state index in [1.807, 2.05) is 6.07 Å². The summed E-state index contributed by atoms with van der Waals surface area (Å²) in [4.78, 5) is 10.6. The Kier molecular flexibility index (Phi) is 4.59. The van der Waals surface area contributed by atoms with Gasteiger partial charge in [0.1, 0.15) is 17.4 Å². The van der Waals surface area contributed by atoms with Gasteiger partial charge in [-0.3, -0.25) is 4.79 Å². The van der Waals surface area contributed by atoms with Crippen LogP contribution in [-0.2, 0) is 4.79 Å². The number of hydrogen-bond acceptors (Lipinski definition) is 3. The minimum atomic E-state index is -0.134. The highest BCUT2D eigenvalue weighted by Gasteiger charge is 2.05. The first-order chi connectivity index (χ1) is 8.19. The summed E-state index contributed by atoms with van der Waals surface area (Å²) >= 11 is 0. The third-order valence-electron chi connectivity index (χ3n) is 2.01. The first-order valence-corrected chi connectivity index (χ1v) is 4.99. The van der Waals surface area contributed by atoms with Crippen LogP contribution >= 0.6 is 0 Å². The molecular weight excluding hydrogens is 216 g/mol. The first kappa shape index (κ1) is 12.6. The molecule has 0 aliphatic heterocycles. The van der Waals surface area contributed by atoms with Gasteiger partial charge in [-0.15, -0.1) is 0 Å². The standard InChI is InChI=1S/C13H12N2O2/c1-10(16)15-8-4-6-11-5-3-7-13(17-2)12(11)9-14/h3,5,7H,8H2,1-2H3,(H,15,16). The summed E-state index contributed by atoms with van der Waals surface area (Å²) in [6.45, 7) is 1.69. The number of rotatable bonds is 2. The third kappa shape index (κ3) is 3.55. The summed E-state index contributed by atoms with van der Waals surface area (Å²) in [5, 5.41) is 11.6. The molecule has 1 aromatic carbocycles. The van der Waals surface area contributed by atoms with E-state index in [4.69, 9.17) is 10.00 Å². The molecule has 0 heterocycles. The fourth-order valence-corrected chi connectivity index (χ4v) is 1.23. The molecule has 86 valence electrons. The van der Waals surface area contributed by atoms with Crippen molar-refractivity contribution in [2.75, 3.05) is 13.7 Å². The minimum Gasteiger partial charge on any atom is -0.495 e. The van der Waals surface area contributed by atoms with E-state index in [0.29, 0.717) is 16.9 Å². The van der Waals surface area contributed by atoms with Crippen LogP contribution in [0.2, 0.25) is 0 Å². The second kappa shape index (κ2) is 6.19. The Morgan fingerprint density at radius 3 is 2.88 bits per heavy atom. The molecule has 4 nitrogen and oxygen atoms in total. The van der Waals surface area contributed by atoms with Crippen molar-refractivity contribution < 1.29 is 9.53 Å². The van der Waals surface area contributed by atoms with Gasteiger partial charge < -0.3 is 10.1 Å². The van der Waals surface area contributed by atoms with Crippen LogP contribution in [0, 0.1) is 23.2 Å². The largest absolute Gasteiger partial charge is 0.495 e. The van der Waals surface area contributed by atoms with Crippen molar-refractivity contribution in [3.63, 3.8) is 0 Å². The number of methoxy groups -OCH3 is 1. The zero-order valence-corrected chi connectivity index (χ0v) is 9.70. The van der Waals surface area contributed by atoms with Crippen LogP contribution in [0.4, 0.5) is 0 Å². The number of nitrogens with one attached hydrogen (secondary N) is 1. The van der Waals surface area contributed by atoms with Gasteiger partial charge in [0.15, 0.2) is 0 Å². The predicted molar refractivity (Wildman–Crippen MR) is 63.3 cm³/mol. The minimum absolute atomic E-state index is 0.134. The number of ether oxygens (including phenoxy) is 1. The van der Waals surface area contributed by atoms with E-state index >= 15 is 0 Å². The van der Waals surface area contributed by atoms with Gasteiger partial charge in [-0.25, -0.2) is 0 Å². The third-order valence-corrected chi connectivity index (χ3v) is 2.01. The Labute approximate surface area is 100 Å². The molecule has 0 atom stereocenters. The number of amides is 1. The molecule has 1 N–H and O–H groups in total. The monoisotopic (exact) mass is 228 g/mol. The van der Waals surface area contributed by atoms with E-state index in [9.17, 15) is 4.79 Å². The summed E-state index contributed by atoms with van der Waals surface area (Å²) in [6, 6.07) is 7.26. The lowest BCUT2D eigenvalue weighted by molar-refractivity contribution is -0.118. The molecule has 0 fully saturated rings. The zero-order valence-electron chi connectivity index (χ0n) is 9.70. The molecular formula is C13H12N2O2. The number of nitrogens with zero attached hydrogens (tertiary/aromatic N) is 1. The highest BCUT2D eigenvalue weighted by atomic mass is 16.5. The molecule has 0 radical (unpaired) electrons. The molecule has 0 spiro atoms. The van der Waals surface area contributed by atoms with E-state index < -0.39 is 0 Å². The smallest absolute Gasteiger partial charge is 0.217 e. The summed E-state index contributed by atoms with van der Waals surface area (Å²) < 4.78 is 5.06.